The maximum Gasteiger partial charge on any atom is 0.119 e. The molecule has 0 atom stereocenters. The summed E-state index contributed by atoms with van der Waals surface area (Å²) in [7, 11) is 1.68. The minimum atomic E-state index is 0.679. The van der Waals surface area contributed by atoms with Crippen molar-refractivity contribution < 1.29 is 9.47 Å². The molecule has 2 N–H and O–H groups in total. The lowest BCUT2D eigenvalue weighted by Gasteiger charge is -2.07. The van der Waals surface area contributed by atoms with E-state index >= 15 is 0 Å². The molecule has 4 heteroatoms. The molecular formula is C17H21NO2S. The highest BCUT2D eigenvalue weighted by Crippen LogP contribution is 2.21. The number of ether oxygens (including phenoxy) is 2. The van der Waals surface area contributed by atoms with Crippen molar-refractivity contribution in [2.75, 3.05) is 26.0 Å². The van der Waals surface area contributed by atoms with Gasteiger partial charge in [0.1, 0.15) is 11.5 Å². The summed E-state index contributed by atoms with van der Waals surface area (Å²) in [6.07, 6.45) is 0.910. The van der Waals surface area contributed by atoms with Crippen LogP contribution >= 0.6 is 11.8 Å². The van der Waals surface area contributed by atoms with Gasteiger partial charge < -0.3 is 15.2 Å². The summed E-state index contributed by atoms with van der Waals surface area (Å²) < 4.78 is 10.9. The van der Waals surface area contributed by atoms with Gasteiger partial charge in [0.15, 0.2) is 0 Å². The molecule has 112 valence electrons. The van der Waals surface area contributed by atoms with Gasteiger partial charge >= 0.3 is 0 Å². The minimum Gasteiger partial charge on any atom is -0.497 e. The SMILES string of the molecule is COc1ccc(SCCOc2ccc(CCN)cc2)cc1. The molecule has 3 nitrogen and oxygen atoms in total. The topological polar surface area (TPSA) is 44.5 Å². The lowest BCUT2D eigenvalue weighted by atomic mass is 10.1. The van der Waals surface area contributed by atoms with E-state index in [1.807, 2.05) is 24.3 Å². The Balaban J connectivity index is 1.71. The van der Waals surface area contributed by atoms with Gasteiger partial charge in [-0.25, -0.2) is 0 Å². The first-order valence-corrected chi connectivity index (χ1v) is 7.99. The summed E-state index contributed by atoms with van der Waals surface area (Å²) in [4.78, 5) is 1.22. The Morgan fingerprint density at radius 3 is 2.24 bits per heavy atom. The number of nitrogens with two attached hydrogens (primary N) is 1. The van der Waals surface area contributed by atoms with E-state index in [2.05, 4.69) is 24.3 Å². The van der Waals surface area contributed by atoms with Gasteiger partial charge in [-0.15, -0.1) is 11.8 Å². The highest BCUT2D eigenvalue weighted by Gasteiger charge is 1.98. The van der Waals surface area contributed by atoms with E-state index in [1.54, 1.807) is 18.9 Å². The third-order valence-corrected chi connectivity index (χ3v) is 4.01. The van der Waals surface area contributed by atoms with Crippen LogP contribution in [-0.2, 0) is 6.42 Å². The maximum absolute atomic E-state index is 5.73. The summed E-state index contributed by atoms with van der Waals surface area (Å²) in [5.41, 5.74) is 6.78. The van der Waals surface area contributed by atoms with Crippen molar-refractivity contribution in [3.8, 4) is 11.5 Å². The summed E-state index contributed by atoms with van der Waals surface area (Å²) in [6, 6.07) is 16.2. The van der Waals surface area contributed by atoms with Crippen molar-refractivity contribution in [1.29, 1.82) is 0 Å². The third kappa shape index (κ3) is 5.33. The van der Waals surface area contributed by atoms with Crippen LogP contribution in [0.15, 0.2) is 53.4 Å². The Labute approximate surface area is 130 Å². The lowest BCUT2D eigenvalue weighted by molar-refractivity contribution is 0.344. The van der Waals surface area contributed by atoms with Crippen LogP contribution in [0.1, 0.15) is 5.56 Å². The molecule has 0 radical (unpaired) electrons. The van der Waals surface area contributed by atoms with E-state index in [-0.39, 0.29) is 0 Å². The molecule has 0 unspecified atom stereocenters. The molecule has 0 fully saturated rings. The molecule has 21 heavy (non-hydrogen) atoms. The maximum atomic E-state index is 5.73. The first-order valence-electron chi connectivity index (χ1n) is 7.00. The summed E-state index contributed by atoms with van der Waals surface area (Å²) in [5, 5.41) is 0. The molecule has 0 bridgehead atoms. The molecule has 0 aliphatic carbocycles. The second-order valence-electron chi connectivity index (χ2n) is 4.56. The van der Waals surface area contributed by atoms with Crippen LogP contribution in [0.5, 0.6) is 11.5 Å². The average Bonchev–Trinajstić information content (AvgIpc) is 2.54. The number of methoxy groups -OCH3 is 1. The lowest BCUT2D eigenvalue weighted by Crippen LogP contribution is -2.03. The van der Waals surface area contributed by atoms with Crippen LogP contribution in [-0.4, -0.2) is 26.0 Å². The van der Waals surface area contributed by atoms with Gasteiger partial charge in [0.25, 0.3) is 0 Å². The first kappa shape index (κ1) is 15.7. The number of hydrogen-bond donors (Lipinski definition) is 1. The number of hydrogen-bond acceptors (Lipinski definition) is 4. The predicted molar refractivity (Wildman–Crippen MR) is 88.4 cm³/mol. The Hall–Kier alpha value is -1.65. The second kappa shape index (κ2) is 8.60. The Bertz CT molecular complexity index is 525. The van der Waals surface area contributed by atoms with Crippen molar-refractivity contribution in [2.45, 2.75) is 11.3 Å². The van der Waals surface area contributed by atoms with Crippen molar-refractivity contribution in [3.05, 3.63) is 54.1 Å². The monoisotopic (exact) mass is 303 g/mol. The van der Waals surface area contributed by atoms with Crippen LogP contribution in [0.4, 0.5) is 0 Å². The average molecular weight is 303 g/mol. The largest absolute Gasteiger partial charge is 0.497 e. The third-order valence-electron chi connectivity index (χ3n) is 3.04. The van der Waals surface area contributed by atoms with Gasteiger partial charge in [-0.2, -0.15) is 0 Å². The Morgan fingerprint density at radius 2 is 1.62 bits per heavy atom. The van der Waals surface area contributed by atoms with E-state index in [4.69, 9.17) is 15.2 Å². The molecule has 0 saturated carbocycles. The standard InChI is InChI=1S/C17H21NO2S/c1-19-15-6-8-17(9-7-15)21-13-12-20-16-4-2-14(3-5-16)10-11-18/h2-9H,10-13,18H2,1H3. The zero-order valence-corrected chi connectivity index (χ0v) is 13.1. The summed E-state index contributed by atoms with van der Waals surface area (Å²) in [5.74, 6) is 2.70. The molecule has 2 rings (SSSR count). The van der Waals surface area contributed by atoms with Gasteiger partial charge in [0.2, 0.25) is 0 Å². The Kier molecular flexibility index (Phi) is 6.44. The fourth-order valence-electron chi connectivity index (χ4n) is 1.91. The van der Waals surface area contributed by atoms with E-state index < -0.39 is 0 Å². The van der Waals surface area contributed by atoms with Gasteiger partial charge in [0, 0.05) is 10.6 Å². The van der Waals surface area contributed by atoms with Crippen molar-refractivity contribution >= 4 is 11.8 Å². The van der Waals surface area contributed by atoms with Crippen molar-refractivity contribution in [1.82, 2.24) is 0 Å². The molecule has 0 aliphatic heterocycles. The molecule has 0 saturated heterocycles. The molecule has 0 heterocycles. The quantitative estimate of drug-likeness (QED) is 0.600. The second-order valence-corrected chi connectivity index (χ2v) is 5.72. The summed E-state index contributed by atoms with van der Waals surface area (Å²) >= 11 is 1.77. The van der Waals surface area contributed by atoms with E-state index in [9.17, 15) is 0 Å². The van der Waals surface area contributed by atoms with E-state index in [0.29, 0.717) is 13.2 Å². The Morgan fingerprint density at radius 1 is 0.952 bits per heavy atom. The molecule has 2 aromatic rings. The summed E-state index contributed by atoms with van der Waals surface area (Å²) in [6.45, 7) is 1.37. The van der Waals surface area contributed by atoms with Crippen molar-refractivity contribution in [2.24, 2.45) is 5.73 Å². The van der Waals surface area contributed by atoms with Crippen LogP contribution in [0.25, 0.3) is 0 Å². The van der Waals surface area contributed by atoms with Crippen LogP contribution in [0.3, 0.4) is 0 Å². The van der Waals surface area contributed by atoms with Gasteiger partial charge in [-0.3, -0.25) is 0 Å². The molecule has 0 spiro atoms. The van der Waals surface area contributed by atoms with Crippen LogP contribution in [0, 0.1) is 0 Å². The van der Waals surface area contributed by atoms with E-state index in [0.717, 1.165) is 23.7 Å². The van der Waals surface area contributed by atoms with Gasteiger partial charge in [-0.05, 0) is 54.9 Å². The number of benzene rings is 2. The smallest absolute Gasteiger partial charge is 0.119 e. The molecule has 0 aliphatic rings. The highest BCUT2D eigenvalue weighted by atomic mass is 32.2. The fourth-order valence-corrected chi connectivity index (χ4v) is 2.64. The number of thioether (sulfide) groups is 1. The normalized spacial score (nSPS) is 10.4. The zero-order chi connectivity index (χ0) is 14.9. The first-order chi connectivity index (χ1) is 10.3. The number of rotatable bonds is 8. The zero-order valence-electron chi connectivity index (χ0n) is 12.2. The van der Waals surface area contributed by atoms with Crippen LogP contribution < -0.4 is 15.2 Å². The van der Waals surface area contributed by atoms with Gasteiger partial charge in [0.05, 0.1) is 13.7 Å². The molecular weight excluding hydrogens is 282 g/mol. The highest BCUT2D eigenvalue weighted by molar-refractivity contribution is 7.99. The molecule has 0 aromatic heterocycles. The fraction of sp³-hybridized carbons (Fsp3) is 0.294. The van der Waals surface area contributed by atoms with E-state index in [1.165, 1.54) is 10.5 Å². The van der Waals surface area contributed by atoms with Crippen molar-refractivity contribution in [3.63, 3.8) is 0 Å². The molecule has 0 amide bonds. The molecule has 2 aromatic carbocycles. The predicted octanol–water partition coefficient (Wildman–Crippen LogP) is 3.37. The van der Waals surface area contributed by atoms with Crippen LogP contribution in [0.2, 0.25) is 0 Å². The van der Waals surface area contributed by atoms with Gasteiger partial charge in [-0.1, -0.05) is 12.1 Å². The minimum absolute atomic E-state index is 0.679.